The first kappa shape index (κ1) is 16.5. The summed E-state index contributed by atoms with van der Waals surface area (Å²) in [4.78, 5) is 0. The van der Waals surface area contributed by atoms with Gasteiger partial charge in [0.25, 0.3) is 0 Å². The normalized spacial score (nSPS) is 27.4. The van der Waals surface area contributed by atoms with Gasteiger partial charge in [0.2, 0.25) is 0 Å². The van der Waals surface area contributed by atoms with E-state index in [1.54, 1.807) is 0 Å². The SMILES string of the molecule is Cc1cc(C)cc(CC2(N)CCCC(C(C)(C)C)CC2)c1. The second-order valence-corrected chi connectivity index (χ2v) is 8.53. The maximum atomic E-state index is 6.80. The summed E-state index contributed by atoms with van der Waals surface area (Å²) in [5, 5.41) is 0. The standard InChI is InChI=1S/C20H33N/c1-15-11-16(2)13-17(12-15)14-20(21)9-6-7-18(8-10-20)19(3,4)5/h11-13,18H,6-10,14,21H2,1-5H3. The second kappa shape index (κ2) is 6.12. The molecule has 1 heteroatoms. The van der Waals surface area contributed by atoms with E-state index in [0.717, 1.165) is 12.3 Å². The molecule has 1 aromatic carbocycles. The van der Waals surface area contributed by atoms with E-state index >= 15 is 0 Å². The fourth-order valence-electron chi connectivity index (χ4n) is 4.05. The molecule has 1 aromatic rings. The van der Waals surface area contributed by atoms with Gasteiger partial charge >= 0.3 is 0 Å². The quantitative estimate of drug-likeness (QED) is 0.746. The monoisotopic (exact) mass is 287 g/mol. The third-order valence-corrected chi connectivity index (χ3v) is 5.28. The first-order valence-corrected chi connectivity index (χ1v) is 8.54. The lowest BCUT2D eigenvalue weighted by Gasteiger charge is -2.31. The van der Waals surface area contributed by atoms with E-state index in [4.69, 9.17) is 5.73 Å². The van der Waals surface area contributed by atoms with E-state index < -0.39 is 0 Å². The van der Waals surface area contributed by atoms with Crippen LogP contribution in [-0.2, 0) is 6.42 Å². The average Bonchev–Trinajstić information content (AvgIpc) is 2.49. The lowest BCUT2D eigenvalue weighted by Crippen LogP contribution is -2.41. The van der Waals surface area contributed by atoms with Gasteiger partial charge in [0.15, 0.2) is 0 Å². The van der Waals surface area contributed by atoms with Crippen molar-refractivity contribution in [1.29, 1.82) is 0 Å². The van der Waals surface area contributed by atoms with Gasteiger partial charge in [-0.3, -0.25) is 0 Å². The zero-order chi connectivity index (χ0) is 15.7. The summed E-state index contributed by atoms with van der Waals surface area (Å²) in [6, 6.07) is 6.87. The molecule has 1 saturated carbocycles. The summed E-state index contributed by atoms with van der Waals surface area (Å²) in [6.07, 6.45) is 7.28. The minimum Gasteiger partial charge on any atom is -0.325 e. The van der Waals surface area contributed by atoms with Gasteiger partial charge in [-0.1, -0.05) is 56.5 Å². The van der Waals surface area contributed by atoms with Crippen molar-refractivity contribution in [3.8, 4) is 0 Å². The summed E-state index contributed by atoms with van der Waals surface area (Å²) >= 11 is 0. The highest BCUT2D eigenvalue weighted by atomic mass is 14.7. The third kappa shape index (κ3) is 4.57. The predicted molar refractivity (Wildman–Crippen MR) is 92.6 cm³/mol. The molecule has 0 aromatic heterocycles. The summed E-state index contributed by atoms with van der Waals surface area (Å²) in [5.74, 6) is 0.821. The number of hydrogen-bond acceptors (Lipinski definition) is 1. The van der Waals surface area contributed by atoms with Crippen molar-refractivity contribution >= 4 is 0 Å². The van der Waals surface area contributed by atoms with E-state index in [2.05, 4.69) is 52.8 Å². The number of benzene rings is 1. The summed E-state index contributed by atoms with van der Waals surface area (Å²) < 4.78 is 0. The molecule has 0 amide bonds. The molecule has 0 heterocycles. The van der Waals surface area contributed by atoms with Crippen LogP contribution in [0.2, 0.25) is 0 Å². The van der Waals surface area contributed by atoms with Crippen molar-refractivity contribution in [1.82, 2.24) is 0 Å². The maximum Gasteiger partial charge on any atom is 0.0195 e. The first-order valence-electron chi connectivity index (χ1n) is 8.54. The fourth-order valence-corrected chi connectivity index (χ4v) is 4.05. The predicted octanol–water partition coefficient (Wildman–Crippen LogP) is 5.17. The van der Waals surface area contributed by atoms with Crippen molar-refractivity contribution in [2.24, 2.45) is 17.1 Å². The summed E-state index contributed by atoms with van der Waals surface area (Å²) in [7, 11) is 0. The van der Waals surface area contributed by atoms with Gasteiger partial charge < -0.3 is 5.73 Å². The van der Waals surface area contributed by atoms with Crippen molar-refractivity contribution in [2.45, 2.75) is 78.7 Å². The number of nitrogens with two attached hydrogens (primary N) is 1. The Balaban J connectivity index is 2.08. The van der Waals surface area contributed by atoms with Crippen molar-refractivity contribution in [3.63, 3.8) is 0 Å². The molecule has 0 spiro atoms. The van der Waals surface area contributed by atoms with Crippen molar-refractivity contribution < 1.29 is 0 Å². The lowest BCUT2D eigenvalue weighted by atomic mass is 9.76. The first-order chi connectivity index (χ1) is 9.68. The Bertz CT molecular complexity index is 463. The molecule has 1 aliphatic rings. The van der Waals surface area contributed by atoms with Gasteiger partial charge in [-0.2, -0.15) is 0 Å². The lowest BCUT2D eigenvalue weighted by molar-refractivity contribution is 0.210. The summed E-state index contributed by atoms with van der Waals surface area (Å²) in [6.45, 7) is 11.5. The Kier molecular flexibility index (Phi) is 4.82. The fraction of sp³-hybridized carbons (Fsp3) is 0.700. The second-order valence-electron chi connectivity index (χ2n) is 8.53. The van der Waals surface area contributed by atoms with Crippen LogP contribution in [0.5, 0.6) is 0 Å². The number of aryl methyl sites for hydroxylation is 2. The zero-order valence-corrected chi connectivity index (χ0v) is 14.6. The molecule has 0 aliphatic heterocycles. The van der Waals surface area contributed by atoms with Crippen molar-refractivity contribution in [2.75, 3.05) is 0 Å². The van der Waals surface area contributed by atoms with E-state index in [1.807, 2.05) is 0 Å². The van der Waals surface area contributed by atoms with Gasteiger partial charge in [-0.05, 0) is 62.8 Å². The number of rotatable bonds is 2. The van der Waals surface area contributed by atoms with Crippen LogP contribution in [0, 0.1) is 25.2 Å². The molecule has 1 fully saturated rings. The van der Waals surface area contributed by atoms with Gasteiger partial charge in [0.1, 0.15) is 0 Å². The van der Waals surface area contributed by atoms with E-state index in [1.165, 1.54) is 48.8 Å². The van der Waals surface area contributed by atoms with E-state index in [9.17, 15) is 0 Å². The molecule has 0 bridgehead atoms. The molecule has 2 atom stereocenters. The van der Waals surface area contributed by atoms with Crippen LogP contribution in [0.15, 0.2) is 18.2 Å². The van der Waals surface area contributed by atoms with Crippen molar-refractivity contribution in [3.05, 3.63) is 34.9 Å². The Morgan fingerprint density at radius 3 is 2.24 bits per heavy atom. The molecule has 0 radical (unpaired) electrons. The zero-order valence-electron chi connectivity index (χ0n) is 14.6. The smallest absolute Gasteiger partial charge is 0.0195 e. The van der Waals surface area contributed by atoms with Gasteiger partial charge in [0, 0.05) is 5.54 Å². The Labute approximate surface area is 131 Å². The molecule has 2 N–H and O–H groups in total. The highest BCUT2D eigenvalue weighted by molar-refractivity contribution is 5.29. The van der Waals surface area contributed by atoms with Crippen LogP contribution >= 0.6 is 0 Å². The van der Waals surface area contributed by atoms with E-state index in [0.29, 0.717) is 5.41 Å². The minimum absolute atomic E-state index is 0.000231. The average molecular weight is 287 g/mol. The Hall–Kier alpha value is -0.820. The molecular formula is C20H33N. The molecule has 1 aliphatic carbocycles. The highest BCUT2D eigenvalue weighted by Gasteiger charge is 2.33. The van der Waals surface area contributed by atoms with Crippen LogP contribution in [0.3, 0.4) is 0 Å². The topological polar surface area (TPSA) is 26.0 Å². The summed E-state index contributed by atoms with van der Waals surface area (Å²) in [5.41, 5.74) is 11.4. The molecule has 2 unspecified atom stereocenters. The molecule has 1 nitrogen and oxygen atoms in total. The van der Waals surface area contributed by atoms with E-state index in [-0.39, 0.29) is 5.54 Å². The highest BCUT2D eigenvalue weighted by Crippen LogP contribution is 2.39. The van der Waals surface area contributed by atoms with Gasteiger partial charge in [-0.25, -0.2) is 0 Å². The van der Waals surface area contributed by atoms with Gasteiger partial charge in [-0.15, -0.1) is 0 Å². The van der Waals surface area contributed by atoms with Crippen LogP contribution in [-0.4, -0.2) is 5.54 Å². The largest absolute Gasteiger partial charge is 0.325 e. The molecule has 118 valence electrons. The van der Waals surface area contributed by atoms with Crippen LogP contribution in [0.1, 0.15) is 69.6 Å². The Morgan fingerprint density at radius 2 is 1.67 bits per heavy atom. The van der Waals surface area contributed by atoms with Crippen LogP contribution < -0.4 is 5.73 Å². The molecular weight excluding hydrogens is 254 g/mol. The van der Waals surface area contributed by atoms with Gasteiger partial charge in [0.05, 0.1) is 0 Å². The Morgan fingerprint density at radius 1 is 1.05 bits per heavy atom. The minimum atomic E-state index is 0.000231. The molecule has 0 saturated heterocycles. The third-order valence-electron chi connectivity index (χ3n) is 5.28. The maximum absolute atomic E-state index is 6.80. The number of hydrogen-bond donors (Lipinski definition) is 1. The molecule has 2 rings (SSSR count). The molecule has 21 heavy (non-hydrogen) atoms. The van der Waals surface area contributed by atoms with Crippen LogP contribution in [0.25, 0.3) is 0 Å². The van der Waals surface area contributed by atoms with Crippen LogP contribution in [0.4, 0.5) is 0 Å².